The Morgan fingerprint density at radius 3 is 2.36 bits per heavy atom. The largest absolute Gasteiger partial charge is 0.342 e. The van der Waals surface area contributed by atoms with Gasteiger partial charge in [-0.25, -0.2) is 0 Å². The quantitative estimate of drug-likeness (QED) is 0.739. The number of likely N-dealkylation sites (tertiary alicyclic amines) is 1. The van der Waals surface area contributed by atoms with Crippen LogP contribution in [-0.4, -0.2) is 37.0 Å². The molecule has 0 bridgehead atoms. The number of nitrogens with zero attached hydrogens (tertiary/aromatic N) is 1. The number of hydrogen-bond acceptors (Lipinski definition) is 2. The highest BCUT2D eigenvalue weighted by Gasteiger charge is 2.30. The van der Waals surface area contributed by atoms with Gasteiger partial charge in [0, 0.05) is 19.0 Å². The van der Waals surface area contributed by atoms with Crippen LogP contribution in [0.25, 0.3) is 0 Å². The number of carbonyl (C=O) groups excluding carboxylic acids is 1. The van der Waals surface area contributed by atoms with Crippen LogP contribution in [0.15, 0.2) is 0 Å². The fourth-order valence-electron chi connectivity index (χ4n) is 4.30. The topological polar surface area (TPSA) is 32.3 Å². The Hall–Kier alpha value is -0.570. The van der Waals surface area contributed by atoms with Gasteiger partial charge in [0.25, 0.3) is 0 Å². The van der Waals surface area contributed by atoms with Crippen molar-refractivity contribution in [1.82, 2.24) is 10.2 Å². The fourth-order valence-corrected chi connectivity index (χ4v) is 4.30. The Kier molecular flexibility index (Phi) is 7.71. The number of amides is 1. The lowest BCUT2D eigenvalue weighted by atomic mass is 9.88. The zero-order valence-corrected chi connectivity index (χ0v) is 14.8. The van der Waals surface area contributed by atoms with Gasteiger partial charge in [-0.2, -0.15) is 0 Å². The summed E-state index contributed by atoms with van der Waals surface area (Å²) in [4.78, 5) is 15.1. The molecule has 0 spiro atoms. The molecule has 1 saturated carbocycles. The number of hydrogen-bond donors (Lipinski definition) is 1. The van der Waals surface area contributed by atoms with Crippen molar-refractivity contribution in [2.75, 3.05) is 26.2 Å². The average molecular weight is 309 g/mol. The van der Waals surface area contributed by atoms with Gasteiger partial charge in [-0.3, -0.25) is 4.79 Å². The molecule has 128 valence electrons. The molecule has 2 rings (SSSR count). The Morgan fingerprint density at radius 2 is 1.77 bits per heavy atom. The van der Waals surface area contributed by atoms with Gasteiger partial charge in [-0.05, 0) is 50.6 Å². The maximum absolute atomic E-state index is 12.9. The van der Waals surface area contributed by atoms with Gasteiger partial charge >= 0.3 is 0 Å². The summed E-state index contributed by atoms with van der Waals surface area (Å²) >= 11 is 0. The zero-order valence-electron chi connectivity index (χ0n) is 14.8. The van der Waals surface area contributed by atoms with Crippen molar-refractivity contribution in [3.63, 3.8) is 0 Å². The Morgan fingerprint density at radius 1 is 1.09 bits per heavy atom. The van der Waals surface area contributed by atoms with E-state index in [-0.39, 0.29) is 0 Å². The van der Waals surface area contributed by atoms with Crippen LogP contribution in [0.1, 0.15) is 71.6 Å². The van der Waals surface area contributed by atoms with Crippen LogP contribution < -0.4 is 5.32 Å². The molecule has 1 saturated heterocycles. The summed E-state index contributed by atoms with van der Waals surface area (Å²) in [5, 5.41) is 3.45. The third kappa shape index (κ3) is 5.26. The molecule has 1 N–H and O–H groups in total. The third-order valence-corrected chi connectivity index (χ3v) is 5.69. The van der Waals surface area contributed by atoms with Crippen molar-refractivity contribution in [2.45, 2.75) is 71.6 Å². The van der Waals surface area contributed by atoms with Gasteiger partial charge in [0.05, 0.1) is 0 Å². The Labute approximate surface area is 137 Å². The van der Waals surface area contributed by atoms with E-state index < -0.39 is 0 Å². The first kappa shape index (κ1) is 17.8. The Balaban J connectivity index is 1.79. The van der Waals surface area contributed by atoms with Crippen LogP contribution in [0.5, 0.6) is 0 Å². The van der Waals surface area contributed by atoms with Crippen LogP contribution in [0.4, 0.5) is 0 Å². The van der Waals surface area contributed by atoms with Gasteiger partial charge in [-0.1, -0.05) is 46.0 Å². The van der Waals surface area contributed by atoms with E-state index in [1.54, 1.807) is 0 Å². The number of nitrogens with one attached hydrogen (secondary N) is 1. The molecule has 2 aliphatic rings. The van der Waals surface area contributed by atoms with E-state index in [4.69, 9.17) is 0 Å². The van der Waals surface area contributed by atoms with E-state index in [1.165, 1.54) is 38.5 Å². The number of piperidine rings is 1. The summed E-state index contributed by atoms with van der Waals surface area (Å²) in [6.07, 6.45) is 11.2. The van der Waals surface area contributed by atoms with Crippen molar-refractivity contribution in [3.8, 4) is 0 Å². The van der Waals surface area contributed by atoms with E-state index in [0.717, 1.165) is 57.3 Å². The van der Waals surface area contributed by atoms with Crippen molar-refractivity contribution >= 4 is 5.91 Å². The van der Waals surface area contributed by atoms with E-state index in [0.29, 0.717) is 11.8 Å². The van der Waals surface area contributed by atoms with Crippen LogP contribution in [0, 0.1) is 17.8 Å². The highest BCUT2D eigenvalue weighted by molar-refractivity contribution is 5.79. The predicted molar refractivity (Wildman–Crippen MR) is 92.8 cm³/mol. The highest BCUT2D eigenvalue weighted by atomic mass is 16.2. The summed E-state index contributed by atoms with van der Waals surface area (Å²) in [6.45, 7) is 8.53. The van der Waals surface area contributed by atoms with Crippen molar-refractivity contribution in [3.05, 3.63) is 0 Å². The molecule has 2 fully saturated rings. The van der Waals surface area contributed by atoms with Crippen LogP contribution in [-0.2, 0) is 4.79 Å². The molecule has 1 amide bonds. The average Bonchev–Trinajstić information content (AvgIpc) is 3.05. The first-order valence-corrected chi connectivity index (χ1v) is 9.74. The summed E-state index contributed by atoms with van der Waals surface area (Å²) in [7, 11) is 0. The standard InChI is InChI=1S/C19H36N2O/c1-3-7-18(14-16-8-5-6-9-16)19(22)21-12-10-17(11-13-21)15-20-4-2/h16-18,20H,3-15H2,1-2H3. The highest BCUT2D eigenvalue weighted by Crippen LogP contribution is 2.33. The number of rotatable bonds is 8. The first-order valence-electron chi connectivity index (χ1n) is 9.74. The lowest BCUT2D eigenvalue weighted by molar-refractivity contribution is -0.137. The fraction of sp³-hybridized carbons (Fsp3) is 0.947. The lowest BCUT2D eigenvalue weighted by Crippen LogP contribution is -2.43. The molecule has 22 heavy (non-hydrogen) atoms. The molecule has 0 radical (unpaired) electrons. The van der Waals surface area contributed by atoms with Crippen molar-refractivity contribution < 1.29 is 4.79 Å². The molecule has 0 aromatic carbocycles. The van der Waals surface area contributed by atoms with Gasteiger partial charge in [0.15, 0.2) is 0 Å². The van der Waals surface area contributed by atoms with E-state index in [1.807, 2.05) is 0 Å². The summed E-state index contributed by atoms with van der Waals surface area (Å²) in [5.74, 6) is 2.37. The maximum Gasteiger partial charge on any atom is 0.225 e. The second-order valence-corrected chi connectivity index (χ2v) is 7.45. The minimum atomic E-state index is 0.304. The van der Waals surface area contributed by atoms with Crippen molar-refractivity contribution in [2.24, 2.45) is 17.8 Å². The van der Waals surface area contributed by atoms with Crippen molar-refractivity contribution in [1.29, 1.82) is 0 Å². The number of carbonyl (C=O) groups is 1. The monoisotopic (exact) mass is 308 g/mol. The molecule has 0 aromatic rings. The summed E-state index contributed by atoms with van der Waals surface area (Å²) < 4.78 is 0. The van der Waals surface area contributed by atoms with E-state index >= 15 is 0 Å². The SMILES string of the molecule is CCCC(CC1CCCC1)C(=O)N1CCC(CNCC)CC1. The van der Waals surface area contributed by atoms with Gasteiger partial charge in [0.2, 0.25) is 5.91 Å². The molecule has 1 unspecified atom stereocenters. The molecular weight excluding hydrogens is 272 g/mol. The minimum Gasteiger partial charge on any atom is -0.342 e. The molecule has 1 aliphatic heterocycles. The van der Waals surface area contributed by atoms with E-state index in [2.05, 4.69) is 24.1 Å². The minimum absolute atomic E-state index is 0.304. The Bertz CT molecular complexity index is 317. The van der Waals surface area contributed by atoms with Crippen LogP contribution in [0.3, 0.4) is 0 Å². The molecule has 1 atom stereocenters. The second kappa shape index (κ2) is 9.54. The molecule has 1 aliphatic carbocycles. The third-order valence-electron chi connectivity index (χ3n) is 5.69. The molecule has 0 aromatic heterocycles. The first-order chi connectivity index (χ1) is 10.7. The summed E-state index contributed by atoms with van der Waals surface area (Å²) in [6, 6.07) is 0. The maximum atomic E-state index is 12.9. The molecular formula is C19H36N2O. The summed E-state index contributed by atoms with van der Waals surface area (Å²) in [5.41, 5.74) is 0. The zero-order chi connectivity index (χ0) is 15.8. The second-order valence-electron chi connectivity index (χ2n) is 7.45. The molecule has 3 heteroatoms. The van der Waals surface area contributed by atoms with Gasteiger partial charge < -0.3 is 10.2 Å². The molecule has 1 heterocycles. The van der Waals surface area contributed by atoms with Gasteiger partial charge in [0.1, 0.15) is 0 Å². The predicted octanol–water partition coefficient (Wildman–Crippen LogP) is 3.83. The smallest absolute Gasteiger partial charge is 0.225 e. The van der Waals surface area contributed by atoms with E-state index in [9.17, 15) is 4.79 Å². The lowest BCUT2D eigenvalue weighted by Gasteiger charge is -2.35. The normalized spacial score (nSPS) is 22.2. The molecule has 3 nitrogen and oxygen atoms in total. The van der Waals surface area contributed by atoms with Gasteiger partial charge in [-0.15, -0.1) is 0 Å². The van der Waals surface area contributed by atoms with Crippen LogP contribution >= 0.6 is 0 Å². The van der Waals surface area contributed by atoms with Crippen LogP contribution in [0.2, 0.25) is 0 Å².